The van der Waals surface area contributed by atoms with Crippen LogP contribution in [0.25, 0.3) is 10.9 Å². The number of azo groups is 1. The zero-order chi connectivity index (χ0) is 17.3. The van der Waals surface area contributed by atoms with E-state index in [0.717, 1.165) is 17.5 Å². The minimum absolute atomic E-state index is 0.0878. The number of benzene rings is 1. The predicted octanol–water partition coefficient (Wildman–Crippen LogP) is 3.93. The van der Waals surface area contributed by atoms with E-state index in [4.69, 9.17) is 0 Å². The number of fused-ring (bicyclic) bond motifs is 1. The number of rotatable bonds is 3. The molecule has 3 aromatic rings. The summed E-state index contributed by atoms with van der Waals surface area (Å²) in [5.74, 6) is 0.235. The number of aromatic nitrogens is 2. The second-order valence-electron chi connectivity index (χ2n) is 5.60. The van der Waals surface area contributed by atoms with Gasteiger partial charge in [-0.2, -0.15) is 0 Å². The van der Waals surface area contributed by atoms with Crippen molar-refractivity contribution in [3.8, 4) is 5.75 Å². The molecule has 0 bridgehead atoms. The van der Waals surface area contributed by atoms with Crippen molar-refractivity contribution in [1.29, 1.82) is 0 Å². The average molecular weight is 322 g/mol. The smallest absolute Gasteiger partial charge is 0.282 e. The second kappa shape index (κ2) is 6.23. The van der Waals surface area contributed by atoms with Crippen LogP contribution in [0.1, 0.15) is 18.1 Å². The van der Waals surface area contributed by atoms with E-state index in [9.17, 15) is 9.90 Å². The summed E-state index contributed by atoms with van der Waals surface area (Å²) >= 11 is 0. The maximum atomic E-state index is 12.4. The number of aryl methyl sites for hydroxylation is 3. The molecule has 0 aliphatic heterocycles. The van der Waals surface area contributed by atoms with Crippen LogP contribution < -0.4 is 5.56 Å². The van der Waals surface area contributed by atoms with Gasteiger partial charge in [0.2, 0.25) is 0 Å². The lowest BCUT2D eigenvalue weighted by atomic mass is 10.1. The third-order valence-electron chi connectivity index (χ3n) is 4.09. The van der Waals surface area contributed by atoms with Crippen molar-refractivity contribution in [2.45, 2.75) is 20.3 Å². The zero-order valence-corrected chi connectivity index (χ0v) is 13.8. The molecule has 0 aliphatic carbocycles. The molecule has 6 heteroatoms. The maximum absolute atomic E-state index is 12.4. The standard InChI is InChI=1S/C18H18N4O2/c1-4-12-10-19-15(9-11(12)2)20-21-16-17(23)13-7-5-6-8-14(13)22(3)18(16)24/h5-10,23H,4H2,1-3H3. The number of hydrogen-bond donors (Lipinski definition) is 1. The molecule has 122 valence electrons. The first-order valence-electron chi connectivity index (χ1n) is 7.71. The molecule has 0 unspecified atom stereocenters. The van der Waals surface area contributed by atoms with Crippen LogP contribution in [0.15, 0.2) is 51.6 Å². The van der Waals surface area contributed by atoms with E-state index in [-0.39, 0.29) is 11.4 Å². The fourth-order valence-electron chi connectivity index (χ4n) is 2.65. The molecule has 0 spiro atoms. The van der Waals surface area contributed by atoms with Gasteiger partial charge in [0.25, 0.3) is 5.56 Å². The molecule has 2 aromatic heterocycles. The van der Waals surface area contributed by atoms with Crippen LogP contribution >= 0.6 is 0 Å². The van der Waals surface area contributed by atoms with Gasteiger partial charge >= 0.3 is 0 Å². The monoisotopic (exact) mass is 322 g/mol. The molecular formula is C18H18N4O2. The van der Waals surface area contributed by atoms with Crippen molar-refractivity contribution in [2.24, 2.45) is 17.3 Å². The average Bonchev–Trinajstić information content (AvgIpc) is 2.60. The van der Waals surface area contributed by atoms with Crippen molar-refractivity contribution in [1.82, 2.24) is 9.55 Å². The van der Waals surface area contributed by atoms with Gasteiger partial charge in [-0.15, -0.1) is 10.2 Å². The largest absolute Gasteiger partial charge is 0.505 e. The molecule has 0 saturated heterocycles. The Morgan fingerprint density at radius 3 is 2.71 bits per heavy atom. The number of hydrogen-bond acceptors (Lipinski definition) is 5. The zero-order valence-electron chi connectivity index (χ0n) is 13.8. The maximum Gasteiger partial charge on any atom is 0.282 e. The van der Waals surface area contributed by atoms with E-state index in [0.29, 0.717) is 16.7 Å². The Morgan fingerprint density at radius 2 is 2.00 bits per heavy atom. The number of pyridine rings is 2. The summed E-state index contributed by atoms with van der Waals surface area (Å²) in [5.41, 5.74) is 2.35. The van der Waals surface area contributed by atoms with Gasteiger partial charge in [-0.3, -0.25) is 4.79 Å². The highest BCUT2D eigenvalue weighted by atomic mass is 16.3. The molecule has 0 saturated carbocycles. The first kappa shape index (κ1) is 15.9. The Labute approximate surface area is 139 Å². The molecular weight excluding hydrogens is 304 g/mol. The molecule has 24 heavy (non-hydrogen) atoms. The van der Waals surface area contributed by atoms with Crippen LogP contribution in [-0.4, -0.2) is 14.7 Å². The van der Waals surface area contributed by atoms with Crippen molar-refractivity contribution in [2.75, 3.05) is 0 Å². The van der Waals surface area contributed by atoms with Crippen molar-refractivity contribution in [3.63, 3.8) is 0 Å². The lowest BCUT2D eigenvalue weighted by molar-refractivity contribution is 0.480. The van der Waals surface area contributed by atoms with E-state index in [1.54, 1.807) is 31.4 Å². The van der Waals surface area contributed by atoms with Gasteiger partial charge in [0.15, 0.2) is 17.3 Å². The van der Waals surface area contributed by atoms with E-state index < -0.39 is 5.56 Å². The van der Waals surface area contributed by atoms with Crippen LogP contribution in [-0.2, 0) is 13.5 Å². The highest BCUT2D eigenvalue weighted by Gasteiger charge is 2.14. The minimum atomic E-state index is -0.406. The Kier molecular flexibility index (Phi) is 4.12. The third kappa shape index (κ3) is 2.67. The molecule has 3 rings (SSSR count). The SMILES string of the molecule is CCc1cnc(N=Nc2c(O)c3ccccc3n(C)c2=O)cc1C. The van der Waals surface area contributed by atoms with Gasteiger partial charge in [0.1, 0.15) is 0 Å². The van der Waals surface area contributed by atoms with Gasteiger partial charge in [0, 0.05) is 18.6 Å². The lowest BCUT2D eigenvalue weighted by Crippen LogP contribution is -2.16. The summed E-state index contributed by atoms with van der Waals surface area (Å²) in [4.78, 5) is 16.6. The van der Waals surface area contributed by atoms with E-state index in [1.165, 1.54) is 4.57 Å². The summed E-state index contributed by atoms with van der Waals surface area (Å²) < 4.78 is 1.45. The Balaban J connectivity index is 2.10. The molecule has 0 aliphatic rings. The van der Waals surface area contributed by atoms with E-state index in [2.05, 4.69) is 22.1 Å². The van der Waals surface area contributed by atoms with Crippen LogP contribution in [0.5, 0.6) is 5.75 Å². The molecule has 0 atom stereocenters. The fourth-order valence-corrected chi connectivity index (χ4v) is 2.65. The van der Waals surface area contributed by atoms with Gasteiger partial charge < -0.3 is 9.67 Å². The van der Waals surface area contributed by atoms with Gasteiger partial charge in [-0.05, 0) is 42.7 Å². The second-order valence-corrected chi connectivity index (χ2v) is 5.60. The van der Waals surface area contributed by atoms with Crippen LogP contribution in [0.4, 0.5) is 11.5 Å². The van der Waals surface area contributed by atoms with Crippen molar-refractivity contribution < 1.29 is 5.11 Å². The molecule has 1 aromatic carbocycles. The third-order valence-corrected chi connectivity index (χ3v) is 4.09. The van der Waals surface area contributed by atoms with Crippen molar-refractivity contribution in [3.05, 3.63) is 58.0 Å². The number of nitrogens with zero attached hydrogens (tertiary/aromatic N) is 4. The summed E-state index contributed by atoms with van der Waals surface area (Å²) in [5, 5.41) is 18.9. The molecule has 2 heterocycles. The number of para-hydroxylation sites is 1. The molecule has 6 nitrogen and oxygen atoms in total. The van der Waals surface area contributed by atoms with Crippen LogP contribution in [0.3, 0.4) is 0 Å². The Morgan fingerprint density at radius 1 is 1.25 bits per heavy atom. The molecule has 1 N–H and O–H groups in total. The molecule has 0 amide bonds. The Bertz CT molecular complexity index is 1010. The summed E-state index contributed by atoms with van der Waals surface area (Å²) in [7, 11) is 1.64. The normalized spacial score (nSPS) is 11.5. The van der Waals surface area contributed by atoms with Gasteiger partial charge in [-0.1, -0.05) is 19.1 Å². The fraction of sp³-hybridized carbons (Fsp3) is 0.222. The quantitative estimate of drug-likeness (QED) is 0.742. The summed E-state index contributed by atoms with van der Waals surface area (Å²) in [6.45, 7) is 4.04. The van der Waals surface area contributed by atoms with Crippen LogP contribution in [0, 0.1) is 6.92 Å². The van der Waals surface area contributed by atoms with Gasteiger partial charge in [0.05, 0.1) is 5.52 Å². The molecule has 0 radical (unpaired) electrons. The first-order chi connectivity index (χ1) is 11.5. The first-order valence-corrected chi connectivity index (χ1v) is 7.71. The lowest BCUT2D eigenvalue weighted by Gasteiger charge is -2.08. The highest BCUT2D eigenvalue weighted by Crippen LogP contribution is 2.31. The molecule has 0 fully saturated rings. The van der Waals surface area contributed by atoms with E-state index in [1.807, 2.05) is 19.1 Å². The number of aromatic hydroxyl groups is 1. The van der Waals surface area contributed by atoms with Crippen molar-refractivity contribution >= 4 is 22.4 Å². The minimum Gasteiger partial charge on any atom is -0.505 e. The summed E-state index contributed by atoms with van der Waals surface area (Å²) in [6, 6.07) is 8.92. The van der Waals surface area contributed by atoms with E-state index >= 15 is 0 Å². The highest BCUT2D eigenvalue weighted by molar-refractivity contribution is 5.89. The van der Waals surface area contributed by atoms with Crippen LogP contribution in [0.2, 0.25) is 0 Å². The predicted molar refractivity (Wildman–Crippen MR) is 93.4 cm³/mol. The Hall–Kier alpha value is -3.02. The van der Waals surface area contributed by atoms with Gasteiger partial charge in [-0.25, -0.2) is 4.98 Å². The topological polar surface area (TPSA) is 79.8 Å². The summed E-state index contributed by atoms with van der Waals surface area (Å²) in [6.07, 6.45) is 2.64.